The lowest BCUT2D eigenvalue weighted by molar-refractivity contribution is -0.243. The number of amides is 1. The van der Waals surface area contributed by atoms with Crippen molar-refractivity contribution in [3.8, 4) is 22.6 Å². The number of hydrogen-bond donors (Lipinski definition) is 4. The molecule has 0 spiro atoms. The number of carbonyl (C=O) groups excluding carboxylic acids is 1. The Balaban J connectivity index is 1.65. The monoisotopic (exact) mass is 500 g/mol. The van der Waals surface area contributed by atoms with Crippen LogP contribution < -0.4 is 5.32 Å². The average Bonchev–Trinajstić information content (AvgIpc) is 3.33. The van der Waals surface area contributed by atoms with Gasteiger partial charge in [0.25, 0.3) is 5.91 Å². The van der Waals surface area contributed by atoms with E-state index in [1.165, 1.54) is 18.3 Å². The predicted octanol–water partition coefficient (Wildman–Crippen LogP) is 2.46. The highest BCUT2D eigenvalue weighted by Crippen LogP contribution is 2.36. The molecule has 36 heavy (non-hydrogen) atoms. The summed E-state index contributed by atoms with van der Waals surface area (Å²) in [7, 11) is 0. The molecule has 0 bridgehead atoms. The number of H-pyrrole nitrogens is 1. The van der Waals surface area contributed by atoms with Crippen molar-refractivity contribution in [2.24, 2.45) is 5.41 Å². The van der Waals surface area contributed by atoms with Crippen molar-refractivity contribution in [1.82, 2.24) is 25.0 Å². The molecular formula is C23H25FN6O6. The molecular weight excluding hydrogens is 475 g/mol. The highest BCUT2D eigenvalue weighted by Gasteiger charge is 2.42. The van der Waals surface area contributed by atoms with Crippen molar-refractivity contribution in [2.75, 3.05) is 31.6 Å². The number of carboxylic acid groups (broad SMARTS) is 1. The number of nitrogens with one attached hydrogen (secondary N) is 2. The van der Waals surface area contributed by atoms with Crippen molar-refractivity contribution >= 4 is 17.8 Å². The van der Waals surface area contributed by atoms with E-state index < -0.39 is 29.4 Å². The molecule has 1 fully saturated rings. The molecule has 3 aromatic rings. The number of anilines is 1. The van der Waals surface area contributed by atoms with Gasteiger partial charge < -0.3 is 24.9 Å². The molecule has 1 aliphatic rings. The topological polar surface area (TPSA) is 163 Å². The average molecular weight is 500 g/mol. The second-order valence-electron chi connectivity index (χ2n) is 8.40. The molecule has 12 nitrogen and oxygen atoms in total. The molecule has 1 aromatic carbocycles. The SMILES string of the molecule is CCN(O)C(=O)C1(C)COC(c2nc(-c3ccc(F)cc3)c(-c3ccnc(NCC(=O)O)n3)[nH]2)OC1. The third kappa shape index (κ3) is 5.32. The molecule has 13 heteroatoms. The number of aromatic nitrogens is 4. The zero-order chi connectivity index (χ0) is 25.9. The largest absolute Gasteiger partial charge is 0.480 e. The maximum Gasteiger partial charge on any atom is 0.322 e. The fourth-order valence-corrected chi connectivity index (χ4v) is 3.59. The van der Waals surface area contributed by atoms with Crippen LogP contribution in [0.25, 0.3) is 22.6 Å². The van der Waals surface area contributed by atoms with E-state index >= 15 is 0 Å². The van der Waals surface area contributed by atoms with E-state index in [2.05, 4.69) is 25.3 Å². The molecule has 1 aliphatic heterocycles. The molecule has 0 atom stereocenters. The summed E-state index contributed by atoms with van der Waals surface area (Å²) in [6.45, 7) is 2.99. The first-order valence-corrected chi connectivity index (χ1v) is 11.1. The minimum absolute atomic E-state index is 0.0216. The van der Waals surface area contributed by atoms with Crippen LogP contribution in [0.3, 0.4) is 0 Å². The Morgan fingerprint density at radius 3 is 2.56 bits per heavy atom. The lowest BCUT2D eigenvalue weighted by Gasteiger charge is -2.36. The Bertz CT molecular complexity index is 1240. The Morgan fingerprint density at radius 1 is 1.22 bits per heavy atom. The summed E-state index contributed by atoms with van der Waals surface area (Å²) in [5.74, 6) is -1.61. The van der Waals surface area contributed by atoms with Crippen molar-refractivity contribution < 1.29 is 33.8 Å². The summed E-state index contributed by atoms with van der Waals surface area (Å²) in [4.78, 5) is 39.5. The molecule has 4 N–H and O–H groups in total. The first-order valence-electron chi connectivity index (χ1n) is 11.1. The quantitative estimate of drug-likeness (QED) is 0.267. The molecule has 0 saturated carbocycles. The van der Waals surface area contributed by atoms with Gasteiger partial charge in [0.1, 0.15) is 12.4 Å². The molecule has 3 heterocycles. The molecule has 190 valence electrons. The lowest BCUT2D eigenvalue weighted by Crippen LogP contribution is -2.49. The highest BCUT2D eigenvalue weighted by molar-refractivity contribution is 5.81. The third-order valence-corrected chi connectivity index (χ3v) is 5.53. The van der Waals surface area contributed by atoms with Gasteiger partial charge in [-0.1, -0.05) is 0 Å². The van der Waals surface area contributed by atoms with Gasteiger partial charge in [-0.2, -0.15) is 0 Å². The van der Waals surface area contributed by atoms with Crippen LogP contribution >= 0.6 is 0 Å². The highest BCUT2D eigenvalue weighted by atomic mass is 19.1. The van der Waals surface area contributed by atoms with Gasteiger partial charge in [-0.3, -0.25) is 14.8 Å². The summed E-state index contributed by atoms with van der Waals surface area (Å²) >= 11 is 0. The van der Waals surface area contributed by atoms with Gasteiger partial charge in [0.05, 0.1) is 35.7 Å². The van der Waals surface area contributed by atoms with Gasteiger partial charge in [-0.25, -0.2) is 24.4 Å². The number of carboxylic acids is 1. The number of hydrogen-bond acceptors (Lipinski definition) is 9. The Labute approximate surface area is 205 Å². The molecule has 1 saturated heterocycles. The van der Waals surface area contributed by atoms with Crippen LogP contribution in [0, 0.1) is 11.2 Å². The maximum atomic E-state index is 13.6. The van der Waals surface area contributed by atoms with E-state index in [0.29, 0.717) is 27.7 Å². The van der Waals surface area contributed by atoms with Crippen LogP contribution in [0.15, 0.2) is 36.5 Å². The van der Waals surface area contributed by atoms with Gasteiger partial charge in [-0.15, -0.1) is 0 Å². The van der Waals surface area contributed by atoms with E-state index in [0.717, 1.165) is 0 Å². The summed E-state index contributed by atoms with van der Waals surface area (Å²) in [6.07, 6.45) is 0.513. The third-order valence-electron chi connectivity index (χ3n) is 5.53. The summed E-state index contributed by atoms with van der Waals surface area (Å²) in [6, 6.07) is 7.32. The number of rotatable bonds is 8. The number of hydroxylamine groups is 2. The minimum atomic E-state index is -1.08. The molecule has 0 radical (unpaired) electrons. The minimum Gasteiger partial charge on any atom is -0.480 e. The number of aliphatic carboxylic acids is 1. The smallest absolute Gasteiger partial charge is 0.322 e. The summed E-state index contributed by atoms with van der Waals surface area (Å²) in [5, 5.41) is 22.0. The summed E-state index contributed by atoms with van der Waals surface area (Å²) in [5.41, 5.74) is 0.778. The fraction of sp³-hybridized carbons (Fsp3) is 0.348. The van der Waals surface area contributed by atoms with Crippen molar-refractivity contribution in [1.29, 1.82) is 0 Å². The van der Waals surface area contributed by atoms with Gasteiger partial charge in [-0.05, 0) is 44.2 Å². The van der Waals surface area contributed by atoms with Crippen molar-refractivity contribution in [3.05, 3.63) is 48.2 Å². The molecule has 1 amide bonds. The normalized spacial score (nSPS) is 19.6. The Hall–Kier alpha value is -3.94. The van der Waals surface area contributed by atoms with E-state index in [-0.39, 0.29) is 38.1 Å². The van der Waals surface area contributed by atoms with Crippen molar-refractivity contribution in [2.45, 2.75) is 20.1 Å². The van der Waals surface area contributed by atoms with Crippen LogP contribution in [0.4, 0.5) is 10.3 Å². The standard InChI is InChI=1S/C23H25FN6O6/c1-3-30(34)21(33)23(2)11-35-20(36-12-23)19-28-17(13-4-6-14(24)7-5-13)18(29-19)15-8-9-25-22(27-15)26-10-16(31)32/h4-9,20,34H,3,10-12H2,1-2H3,(H,28,29)(H,31,32)(H,25,26,27). The predicted molar refractivity (Wildman–Crippen MR) is 123 cm³/mol. The van der Waals surface area contributed by atoms with E-state index in [1.807, 2.05) is 0 Å². The maximum absolute atomic E-state index is 13.6. The first-order chi connectivity index (χ1) is 17.2. The number of carbonyl (C=O) groups is 2. The Morgan fingerprint density at radius 2 is 1.92 bits per heavy atom. The number of aromatic amines is 1. The molecule has 0 unspecified atom stereocenters. The number of imidazole rings is 1. The number of ether oxygens (including phenoxy) is 2. The van der Waals surface area contributed by atoms with E-state index in [1.54, 1.807) is 32.0 Å². The first kappa shape index (κ1) is 25.2. The number of halogens is 1. The number of benzene rings is 1. The Kier molecular flexibility index (Phi) is 7.24. The van der Waals surface area contributed by atoms with Gasteiger partial charge in [0, 0.05) is 18.3 Å². The molecule has 2 aromatic heterocycles. The number of nitrogens with zero attached hydrogens (tertiary/aromatic N) is 4. The molecule has 4 rings (SSSR count). The van der Waals surface area contributed by atoms with Crippen LogP contribution in [0.2, 0.25) is 0 Å². The molecule has 0 aliphatic carbocycles. The second kappa shape index (κ2) is 10.4. The van der Waals surface area contributed by atoms with Crippen LogP contribution in [-0.4, -0.2) is 73.5 Å². The van der Waals surface area contributed by atoms with Gasteiger partial charge in [0.2, 0.25) is 12.2 Å². The summed E-state index contributed by atoms with van der Waals surface area (Å²) < 4.78 is 25.1. The zero-order valence-corrected chi connectivity index (χ0v) is 19.6. The van der Waals surface area contributed by atoms with E-state index in [4.69, 9.17) is 14.6 Å². The van der Waals surface area contributed by atoms with Crippen LogP contribution in [-0.2, 0) is 19.1 Å². The van der Waals surface area contributed by atoms with Crippen molar-refractivity contribution in [3.63, 3.8) is 0 Å². The fourth-order valence-electron chi connectivity index (χ4n) is 3.59. The zero-order valence-electron chi connectivity index (χ0n) is 19.6. The van der Waals surface area contributed by atoms with Crippen LogP contribution in [0.1, 0.15) is 26.0 Å². The van der Waals surface area contributed by atoms with Gasteiger partial charge in [0.15, 0.2) is 5.82 Å². The lowest BCUT2D eigenvalue weighted by atomic mass is 9.91. The van der Waals surface area contributed by atoms with E-state index in [9.17, 15) is 19.2 Å². The van der Waals surface area contributed by atoms with Crippen LogP contribution in [0.5, 0.6) is 0 Å². The second-order valence-corrected chi connectivity index (χ2v) is 8.40. The van der Waals surface area contributed by atoms with Gasteiger partial charge >= 0.3 is 5.97 Å².